The second kappa shape index (κ2) is 8.55. The fourth-order valence-corrected chi connectivity index (χ4v) is 4.33. The number of thioether (sulfide) groups is 1. The smallest absolute Gasteiger partial charge is 0.318 e. The Morgan fingerprint density at radius 2 is 1.68 bits per heavy atom. The van der Waals surface area contributed by atoms with Gasteiger partial charge < -0.3 is 31.8 Å². The van der Waals surface area contributed by atoms with E-state index in [9.17, 15) is 0 Å². The summed E-state index contributed by atoms with van der Waals surface area (Å²) in [5.74, 6) is 1.67. The first-order chi connectivity index (χ1) is 13.1. The molecule has 1 aliphatic rings. The van der Waals surface area contributed by atoms with Gasteiger partial charge in [-0.3, -0.25) is 0 Å². The molecule has 146 valence electrons. The minimum absolute atomic E-state index is 0. The molecule has 1 aromatic heterocycles. The van der Waals surface area contributed by atoms with Gasteiger partial charge in [-0.2, -0.15) is 4.57 Å². The summed E-state index contributed by atoms with van der Waals surface area (Å²) in [6.07, 6.45) is 0. The molecule has 0 bridgehead atoms. The van der Waals surface area contributed by atoms with Crippen LogP contribution >= 0.6 is 24.4 Å². The third-order valence-electron chi connectivity index (χ3n) is 4.44. The van der Waals surface area contributed by atoms with Crippen molar-refractivity contribution < 1.29 is 31.0 Å². The number of benzene rings is 2. The van der Waals surface area contributed by atoms with Crippen molar-refractivity contribution in [2.75, 3.05) is 19.5 Å². The largest absolute Gasteiger partial charge is 1.00 e. The number of nitrogens with zero attached hydrogens (tertiary/aromatic N) is 1. The van der Waals surface area contributed by atoms with Crippen molar-refractivity contribution in [1.82, 2.24) is 4.98 Å². The number of imidazole rings is 1. The van der Waals surface area contributed by atoms with Crippen LogP contribution in [0.25, 0.3) is 11.4 Å². The van der Waals surface area contributed by atoms with Crippen molar-refractivity contribution >= 4 is 35.8 Å². The first kappa shape index (κ1) is 20.7. The van der Waals surface area contributed by atoms with Crippen LogP contribution in [0.2, 0.25) is 0 Å². The highest BCUT2D eigenvalue weighted by molar-refractivity contribution is 8.02. The number of hydrogen-bond donors (Lipinski definition) is 3. The maximum atomic E-state index is 5.32. The minimum atomic E-state index is 0. The van der Waals surface area contributed by atoms with Gasteiger partial charge in [-0.1, -0.05) is 24.4 Å². The third-order valence-corrected chi connectivity index (χ3v) is 5.69. The highest BCUT2D eigenvalue weighted by Crippen LogP contribution is 2.39. The molecule has 0 radical (unpaired) electrons. The Morgan fingerprint density at radius 3 is 2.36 bits per heavy atom. The van der Waals surface area contributed by atoms with Crippen LogP contribution in [0.3, 0.4) is 0 Å². The topological polar surface area (TPSA) is 50.2 Å². The predicted molar refractivity (Wildman–Crippen MR) is 111 cm³/mol. The summed E-state index contributed by atoms with van der Waals surface area (Å²) in [5.41, 5.74) is 5.16. The summed E-state index contributed by atoms with van der Waals surface area (Å²) in [6.45, 7) is 2.05. The molecule has 0 saturated carbocycles. The van der Waals surface area contributed by atoms with Gasteiger partial charge in [-0.25, -0.2) is 4.98 Å². The van der Waals surface area contributed by atoms with Crippen LogP contribution in [0.5, 0.6) is 11.5 Å². The molecule has 28 heavy (non-hydrogen) atoms. The second-order valence-corrected chi connectivity index (χ2v) is 7.43. The number of aromatic nitrogens is 2. The molecule has 0 aliphatic carbocycles. The lowest BCUT2D eigenvalue weighted by molar-refractivity contribution is -0.637. The Morgan fingerprint density at radius 1 is 1.00 bits per heavy atom. The van der Waals surface area contributed by atoms with Gasteiger partial charge in [-0.05, 0) is 42.5 Å². The van der Waals surface area contributed by atoms with E-state index >= 15 is 0 Å². The molecule has 0 fully saturated rings. The molecule has 2 N–H and O–H groups in total. The van der Waals surface area contributed by atoms with E-state index in [0.29, 0.717) is 0 Å². The molecule has 4 rings (SSSR count). The monoisotopic (exact) mass is 477 g/mol. The summed E-state index contributed by atoms with van der Waals surface area (Å²) in [5, 5.41) is 6.42. The Labute approximate surface area is 184 Å². The van der Waals surface area contributed by atoms with Crippen molar-refractivity contribution in [2.24, 2.45) is 0 Å². The zero-order chi connectivity index (χ0) is 19.0. The summed E-state index contributed by atoms with van der Waals surface area (Å²) in [7, 11) is 3.34. The fraction of sp³-hybridized carbons (Fsp3) is 0.150. The number of H-pyrrole nitrogens is 1. The number of aryl methyl sites for hydroxylation is 1. The first-order valence-corrected chi connectivity index (χ1v) is 9.73. The standard InChI is InChI=1S/C20H19N3O2S2.BrH/c1-12-19(17-11-27-18-10-15(25-3)8-9-16(18)22-17)23(20(26)21-12)13-4-6-14(24-2)7-5-13;/h4-11,22H,1-3H3,(H,21,26);1H. The lowest BCUT2D eigenvalue weighted by atomic mass is 10.2. The number of nitrogens with one attached hydrogen (secondary N) is 2. The van der Waals surface area contributed by atoms with Crippen LogP contribution in [0.4, 0.5) is 5.69 Å². The summed E-state index contributed by atoms with van der Waals surface area (Å²) >= 11 is 6.32. The van der Waals surface area contributed by atoms with E-state index in [-0.39, 0.29) is 17.0 Å². The van der Waals surface area contributed by atoms with E-state index in [1.165, 1.54) is 0 Å². The number of ether oxygens (including phenoxy) is 2. The minimum Gasteiger partial charge on any atom is -1.00 e. The SMILES string of the molecule is COc1ccc(-[n+]2c(S)[nH]c(C)c2C2=CSc3cc(OC)ccc3N2)cc1.[Br-]. The second-order valence-electron chi connectivity index (χ2n) is 6.09. The summed E-state index contributed by atoms with van der Waals surface area (Å²) < 4.78 is 12.7. The lowest BCUT2D eigenvalue weighted by Gasteiger charge is -2.19. The third kappa shape index (κ3) is 3.76. The van der Waals surface area contributed by atoms with Crippen molar-refractivity contribution in [3.63, 3.8) is 0 Å². The zero-order valence-electron chi connectivity index (χ0n) is 15.6. The highest BCUT2D eigenvalue weighted by atomic mass is 79.9. The average Bonchev–Trinajstić information content (AvgIpc) is 3.00. The van der Waals surface area contributed by atoms with Gasteiger partial charge >= 0.3 is 5.16 Å². The number of thiol groups is 1. The molecule has 0 spiro atoms. The van der Waals surface area contributed by atoms with E-state index in [0.717, 1.165) is 50.0 Å². The van der Waals surface area contributed by atoms with Gasteiger partial charge in [-0.15, -0.1) is 0 Å². The Hall–Kier alpha value is -2.03. The molecule has 0 amide bonds. The number of aromatic amines is 1. The molecule has 2 aromatic carbocycles. The van der Waals surface area contributed by atoms with Crippen molar-refractivity contribution in [3.8, 4) is 17.2 Å². The molecule has 8 heteroatoms. The Bertz CT molecular complexity index is 1030. The fourth-order valence-electron chi connectivity index (χ4n) is 3.10. The van der Waals surface area contributed by atoms with E-state index in [1.54, 1.807) is 26.0 Å². The van der Waals surface area contributed by atoms with E-state index < -0.39 is 0 Å². The Kier molecular flexibility index (Phi) is 6.32. The molecular weight excluding hydrogens is 458 g/mol. The predicted octanol–water partition coefficient (Wildman–Crippen LogP) is 1.43. The number of halogens is 1. The maximum absolute atomic E-state index is 5.32. The number of rotatable bonds is 4. The maximum Gasteiger partial charge on any atom is 0.318 e. The molecule has 2 heterocycles. The van der Waals surface area contributed by atoms with E-state index in [2.05, 4.69) is 32.9 Å². The van der Waals surface area contributed by atoms with Crippen molar-refractivity contribution in [2.45, 2.75) is 17.0 Å². The number of anilines is 1. The number of hydrogen-bond acceptors (Lipinski definition) is 5. The molecular formula is C20H20BrN3O2S2. The van der Waals surface area contributed by atoms with Crippen LogP contribution < -0.4 is 36.3 Å². The van der Waals surface area contributed by atoms with Gasteiger partial charge in [0, 0.05) is 17.2 Å². The molecule has 0 saturated heterocycles. The van der Waals surface area contributed by atoms with Gasteiger partial charge in [0.2, 0.25) is 0 Å². The highest BCUT2D eigenvalue weighted by Gasteiger charge is 2.27. The van der Waals surface area contributed by atoms with Crippen LogP contribution in [-0.4, -0.2) is 19.2 Å². The summed E-state index contributed by atoms with van der Waals surface area (Å²) in [6, 6.07) is 14.0. The van der Waals surface area contributed by atoms with Gasteiger partial charge in [0.05, 0.1) is 25.6 Å². The zero-order valence-corrected chi connectivity index (χ0v) is 18.9. The van der Waals surface area contributed by atoms with Crippen LogP contribution in [0.1, 0.15) is 11.4 Å². The van der Waals surface area contributed by atoms with E-state index in [1.807, 2.05) is 49.4 Å². The normalized spacial score (nSPS) is 12.4. The van der Waals surface area contributed by atoms with Crippen LogP contribution in [-0.2, 0) is 0 Å². The molecule has 1 aliphatic heterocycles. The van der Waals surface area contributed by atoms with E-state index in [4.69, 9.17) is 9.47 Å². The van der Waals surface area contributed by atoms with Gasteiger partial charge in [0.1, 0.15) is 22.9 Å². The number of methoxy groups -OCH3 is 2. The number of fused-ring (bicyclic) bond motifs is 1. The van der Waals surface area contributed by atoms with Gasteiger partial charge in [0.15, 0.2) is 5.69 Å². The quantitative estimate of drug-likeness (QED) is 0.393. The van der Waals surface area contributed by atoms with Crippen molar-refractivity contribution in [3.05, 3.63) is 59.3 Å². The Balaban J connectivity index is 0.00000225. The van der Waals surface area contributed by atoms with Crippen molar-refractivity contribution in [1.29, 1.82) is 0 Å². The molecule has 3 aromatic rings. The van der Waals surface area contributed by atoms with Crippen LogP contribution in [0.15, 0.2) is 57.9 Å². The molecule has 5 nitrogen and oxygen atoms in total. The first-order valence-electron chi connectivity index (χ1n) is 8.41. The van der Waals surface area contributed by atoms with Gasteiger partial charge in [0.25, 0.3) is 0 Å². The average molecular weight is 478 g/mol. The molecule has 0 atom stereocenters. The lowest BCUT2D eigenvalue weighted by Crippen LogP contribution is -3.00. The molecule has 0 unspecified atom stereocenters. The summed E-state index contributed by atoms with van der Waals surface area (Å²) in [4.78, 5) is 4.46. The van der Waals surface area contributed by atoms with Crippen LogP contribution in [0, 0.1) is 6.92 Å².